The Balaban J connectivity index is 1.72. The molecule has 0 spiro atoms. The van der Waals surface area contributed by atoms with Gasteiger partial charge >= 0.3 is 5.91 Å². The Morgan fingerprint density at radius 3 is 2.25 bits per heavy atom. The van der Waals surface area contributed by atoms with Crippen LogP contribution < -0.4 is 11.5 Å². The van der Waals surface area contributed by atoms with Crippen molar-refractivity contribution in [2.24, 2.45) is 11.5 Å². The Morgan fingerprint density at radius 2 is 1.67 bits per heavy atom. The number of amides is 2. The number of halogens is 1. The van der Waals surface area contributed by atoms with Crippen LogP contribution in [0.4, 0.5) is 0 Å². The minimum absolute atomic E-state index is 0.0582. The van der Waals surface area contributed by atoms with E-state index in [1.165, 1.54) is 0 Å². The van der Waals surface area contributed by atoms with Gasteiger partial charge in [-0.2, -0.15) is 0 Å². The molecule has 0 aromatic heterocycles. The fourth-order valence-electron chi connectivity index (χ4n) is 6.10. The summed E-state index contributed by atoms with van der Waals surface area (Å²) in [7, 11) is 0. The SMILES string of the molecule is NC(=O)[C@@H]1CCC[N+]1(Cc1cc(Cl)ccc1C(N)CO)C(=O)C1(O)c2ccccc2-c2ccccc21. The van der Waals surface area contributed by atoms with Gasteiger partial charge in [0.25, 0.3) is 5.91 Å². The number of aliphatic hydroxyl groups is 2. The van der Waals surface area contributed by atoms with Crippen LogP contribution in [0.25, 0.3) is 11.1 Å². The van der Waals surface area contributed by atoms with Gasteiger partial charge in [-0.25, -0.2) is 9.28 Å². The van der Waals surface area contributed by atoms with E-state index in [4.69, 9.17) is 23.1 Å². The zero-order valence-corrected chi connectivity index (χ0v) is 20.5. The number of likely N-dealkylation sites (tertiary alicyclic amines) is 1. The van der Waals surface area contributed by atoms with Crippen molar-refractivity contribution >= 4 is 23.4 Å². The maximum atomic E-state index is 14.8. The predicted octanol–water partition coefficient (Wildman–Crippen LogP) is 2.74. The van der Waals surface area contributed by atoms with Crippen molar-refractivity contribution in [3.05, 3.63) is 94.0 Å². The molecule has 2 amide bonds. The highest BCUT2D eigenvalue weighted by molar-refractivity contribution is 6.30. The fourth-order valence-corrected chi connectivity index (χ4v) is 6.29. The van der Waals surface area contributed by atoms with E-state index < -0.39 is 29.5 Å². The lowest BCUT2D eigenvalue weighted by atomic mass is 9.87. The first kappa shape index (κ1) is 24.6. The lowest BCUT2D eigenvalue weighted by molar-refractivity contribution is -0.873. The van der Waals surface area contributed by atoms with Gasteiger partial charge in [-0.1, -0.05) is 66.2 Å². The van der Waals surface area contributed by atoms with Gasteiger partial charge in [0.2, 0.25) is 5.60 Å². The molecule has 8 heteroatoms. The van der Waals surface area contributed by atoms with Crippen molar-refractivity contribution in [3.63, 3.8) is 0 Å². The third-order valence-electron chi connectivity index (χ3n) is 7.75. The third kappa shape index (κ3) is 3.58. The number of nitrogens with two attached hydrogens (primary N) is 2. The number of quaternary nitrogens is 1. The number of carbonyl (C=O) groups is 2. The van der Waals surface area contributed by atoms with Crippen molar-refractivity contribution in [3.8, 4) is 11.1 Å². The standard InChI is InChI=1S/C28H28ClN3O4/c29-18-11-12-19(24(30)16-33)17(14-18)15-32(13-5-10-25(32)26(31)34)27(35)28(36)22-8-3-1-6-20(22)21-7-2-4-9-23(21)28/h1-4,6-9,11-12,14,24-25,33,36H,5,10,13,15-16,30H2,(H-,31,34)/p+1/t24?,25-,32?/m0/s1. The first-order chi connectivity index (χ1) is 17.2. The van der Waals surface area contributed by atoms with Gasteiger partial charge in [-0.05, 0) is 28.8 Å². The first-order valence-electron chi connectivity index (χ1n) is 12.0. The molecule has 6 N–H and O–H groups in total. The molecule has 36 heavy (non-hydrogen) atoms. The summed E-state index contributed by atoms with van der Waals surface area (Å²) in [6, 6.07) is 18.2. The second kappa shape index (κ2) is 9.10. The highest BCUT2D eigenvalue weighted by Crippen LogP contribution is 2.50. The van der Waals surface area contributed by atoms with Crippen LogP contribution in [0.2, 0.25) is 5.02 Å². The van der Waals surface area contributed by atoms with Gasteiger partial charge in [0.1, 0.15) is 6.54 Å². The van der Waals surface area contributed by atoms with Gasteiger partial charge in [0, 0.05) is 34.6 Å². The zero-order chi connectivity index (χ0) is 25.7. The molecule has 1 saturated heterocycles. The molecule has 0 bridgehead atoms. The number of hydrogen-bond acceptors (Lipinski definition) is 5. The largest absolute Gasteiger partial charge is 0.394 e. The number of nitrogens with zero attached hydrogens (tertiary/aromatic N) is 1. The summed E-state index contributed by atoms with van der Waals surface area (Å²) in [5, 5.41) is 22.5. The van der Waals surface area contributed by atoms with Crippen molar-refractivity contribution in [1.29, 1.82) is 0 Å². The lowest BCUT2D eigenvalue weighted by Crippen LogP contribution is -2.65. The molecule has 0 saturated carbocycles. The van der Waals surface area contributed by atoms with Crippen LogP contribution in [0, 0.1) is 0 Å². The van der Waals surface area contributed by atoms with E-state index in [2.05, 4.69) is 0 Å². The molecule has 186 valence electrons. The topological polar surface area (TPSA) is 127 Å². The van der Waals surface area contributed by atoms with E-state index in [0.717, 1.165) is 11.1 Å². The molecule has 0 radical (unpaired) electrons. The number of benzene rings is 3. The highest BCUT2D eigenvalue weighted by atomic mass is 35.5. The van der Waals surface area contributed by atoms with E-state index in [1.54, 1.807) is 42.5 Å². The molecule has 2 unspecified atom stereocenters. The van der Waals surface area contributed by atoms with Crippen molar-refractivity contribution in [2.45, 2.75) is 37.1 Å². The quantitative estimate of drug-likeness (QED) is 0.382. The average molecular weight is 507 g/mol. The second-order valence-electron chi connectivity index (χ2n) is 9.72. The van der Waals surface area contributed by atoms with Crippen LogP contribution in [0.5, 0.6) is 0 Å². The van der Waals surface area contributed by atoms with Gasteiger partial charge in [0.05, 0.1) is 19.2 Å². The summed E-state index contributed by atoms with van der Waals surface area (Å²) in [5.41, 5.74) is 13.9. The molecule has 5 rings (SSSR count). The Bertz CT molecular complexity index is 1310. The minimum Gasteiger partial charge on any atom is -0.394 e. The summed E-state index contributed by atoms with van der Waals surface area (Å²) >= 11 is 6.33. The molecular formula is C28H29ClN3O4+. The zero-order valence-electron chi connectivity index (χ0n) is 19.7. The van der Waals surface area contributed by atoms with E-state index in [0.29, 0.717) is 46.7 Å². The monoisotopic (exact) mass is 506 g/mol. The van der Waals surface area contributed by atoms with Crippen molar-refractivity contribution < 1.29 is 24.3 Å². The number of fused-ring (bicyclic) bond motifs is 3. The smallest absolute Gasteiger partial charge is 0.355 e. The molecule has 1 heterocycles. The van der Waals surface area contributed by atoms with E-state index in [-0.39, 0.29) is 17.6 Å². The Kier molecular flexibility index (Phi) is 6.22. The fraction of sp³-hybridized carbons (Fsp3) is 0.286. The van der Waals surface area contributed by atoms with Crippen LogP contribution in [-0.4, -0.2) is 45.7 Å². The van der Waals surface area contributed by atoms with Crippen molar-refractivity contribution in [2.75, 3.05) is 13.2 Å². The molecule has 2 aliphatic rings. The lowest BCUT2D eigenvalue weighted by Gasteiger charge is -2.41. The summed E-state index contributed by atoms with van der Waals surface area (Å²) in [5.74, 6) is -1.11. The number of primary amides is 1. The number of carbonyl (C=O) groups excluding carboxylic acids is 2. The maximum absolute atomic E-state index is 14.8. The molecule has 3 atom stereocenters. The van der Waals surface area contributed by atoms with Crippen LogP contribution in [0.3, 0.4) is 0 Å². The van der Waals surface area contributed by atoms with Crippen LogP contribution in [0.1, 0.15) is 41.1 Å². The van der Waals surface area contributed by atoms with Gasteiger partial charge in [-0.3, -0.25) is 4.79 Å². The number of hydrogen-bond donors (Lipinski definition) is 4. The van der Waals surface area contributed by atoms with Gasteiger partial charge in [0.15, 0.2) is 6.04 Å². The third-order valence-corrected chi connectivity index (χ3v) is 7.99. The van der Waals surface area contributed by atoms with E-state index in [1.807, 2.05) is 24.3 Å². The second-order valence-corrected chi connectivity index (χ2v) is 10.2. The predicted molar refractivity (Wildman–Crippen MR) is 136 cm³/mol. The summed E-state index contributed by atoms with van der Waals surface area (Å²) in [6.07, 6.45) is 1.00. The first-order valence-corrected chi connectivity index (χ1v) is 12.4. The van der Waals surface area contributed by atoms with Crippen LogP contribution >= 0.6 is 11.6 Å². The van der Waals surface area contributed by atoms with E-state index >= 15 is 0 Å². The van der Waals surface area contributed by atoms with E-state index in [9.17, 15) is 19.8 Å². The van der Waals surface area contributed by atoms with Crippen molar-refractivity contribution in [1.82, 2.24) is 0 Å². The number of aliphatic hydroxyl groups excluding tert-OH is 1. The normalized spacial score (nSPS) is 22.6. The van der Waals surface area contributed by atoms with Crippen LogP contribution in [-0.2, 0) is 21.7 Å². The molecule has 1 aliphatic heterocycles. The molecule has 3 aromatic carbocycles. The Hall–Kier alpha value is -3.07. The number of rotatable bonds is 6. The highest BCUT2D eigenvalue weighted by Gasteiger charge is 2.62. The summed E-state index contributed by atoms with van der Waals surface area (Å²) in [6.45, 7) is 0.0780. The Labute approximate surface area is 214 Å². The molecular weight excluding hydrogens is 478 g/mol. The summed E-state index contributed by atoms with van der Waals surface area (Å²) < 4.78 is -0.361. The summed E-state index contributed by atoms with van der Waals surface area (Å²) in [4.78, 5) is 27.5. The Morgan fingerprint density at radius 1 is 1.06 bits per heavy atom. The maximum Gasteiger partial charge on any atom is 0.355 e. The van der Waals surface area contributed by atoms with Gasteiger partial charge in [-0.15, -0.1) is 0 Å². The molecule has 7 nitrogen and oxygen atoms in total. The van der Waals surface area contributed by atoms with Crippen LogP contribution in [0.15, 0.2) is 66.7 Å². The minimum atomic E-state index is -1.97. The average Bonchev–Trinajstić information content (AvgIpc) is 3.42. The molecule has 1 fully saturated rings. The van der Waals surface area contributed by atoms with Gasteiger partial charge < -0.3 is 21.7 Å². The molecule has 3 aromatic rings. The molecule has 1 aliphatic carbocycles.